The third-order valence-corrected chi connectivity index (χ3v) is 3.97. The molecule has 0 aliphatic heterocycles. The van der Waals surface area contributed by atoms with Crippen LogP contribution < -0.4 is 11.1 Å². The lowest BCUT2D eigenvalue weighted by Crippen LogP contribution is -2.16. The number of nitrogens with two attached hydrogens (primary N) is 1. The predicted octanol–water partition coefficient (Wildman–Crippen LogP) is 1.79. The van der Waals surface area contributed by atoms with Crippen LogP contribution in [0.25, 0.3) is 0 Å². The Kier molecular flexibility index (Phi) is 3.70. The number of anilines is 1. The number of nitrogens with zero attached hydrogens (tertiary/aromatic N) is 2. The fourth-order valence-electron chi connectivity index (χ4n) is 1.94. The van der Waals surface area contributed by atoms with Crippen LogP contribution in [-0.2, 0) is 0 Å². The molecule has 1 aromatic rings. The van der Waals surface area contributed by atoms with Crippen LogP contribution in [0.1, 0.15) is 38.1 Å². The van der Waals surface area contributed by atoms with Crippen LogP contribution in [0.5, 0.6) is 0 Å². The lowest BCUT2D eigenvalue weighted by molar-refractivity contribution is 0.468. The van der Waals surface area contributed by atoms with Crippen molar-refractivity contribution >= 4 is 17.8 Å². The van der Waals surface area contributed by atoms with Crippen LogP contribution in [0.4, 0.5) is 6.01 Å². The van der Waals surface area contributed by atoms with E-state index in [9.17, 15) is 0 Å². The Morgan fingerprint density at radius 1 is 1.50 bits per heavy atom. The van der Waals surface area contributed by atoms with E-state index in [1.165, 1.54) is 12.8 Å². The highest BCUT2D eigenvalue weighted by atomic mass is 32.2. The maximum absolute atomic E-state index is 5.65. The molecule has 1 aromatic heterocycles. The molecule has 3 atom stereocenters. The Balaban J connectivity index is 1.89. The van der Waals surface area contributed by atoms with Gasteiger partial charge in [0.15, 0.2) is 0 Å². The molecule has 0 radical (unpaired) electrons. The zero-order valence-electron chi connectivity index (χ0n) is 9.64. The van der Waals surface area contributed by atoms with Gasteiger partial charge in [-0.15, -0.1) is 5.10 Å². The van der Waals surface area contributed by atoms with E-state index in [4.69, 9.17) is 10.2 Å². The number of nitrogens with one attached hydrogen (secondary N) is 1. The molecule has 16 heavy (non-hydrogen) atoms. The van der Waals surface area contributed by atoms with Crippen LogP contribution in [0, 0.1) is 0 Å². The molecule has 1 saturated carbocycles. The van der Waals surface area contributed by atoms with Crippen molar-refractivity contribution in [3.05, 3.63) is 5.89 Å². The monoisotopic (exact) mass is 242 g/mol. The van der Waals surface area contributed by atoms with E-state index in [0.717, 1.165) is 11.7 Å². The van der Waals surface area contributed by atoms with Gasteiger partial charge in [0.1, 0.15) is 0 Å². The van der Waals surface area contributed by atoms with Crippen LogP contribution in [-0.4, -0.2) is 27.7 Å². The van der Waals surface area contributed by atoms with Crippen molar-refractivity contribution in [3.8, 4) is 0 Å². The van der Waals surface area contributed by atoms with E-state index in [2.05, 4.69) is 21.8 Å². The molecule has 6 heteroatoms. The zero-order chi connectivity index (χ0) is 11.5. The number of rotatable bonds is 4. The van der Waals surface area contributed by atoms with Gasteiger partial charge in [-0.25, -0.2) is 0 Å². The summed E-state index contributed by atoms with van der Waals surface area (Å²) in [5.41, 5.74) is 5.65. The second-order valence-corrected chi connectivity index (χ2v) is 5.38. The molecule has 0 spiro atoms. The molecular weight excluding hydrogens is 224 g/mol. The van der Waals surface area contributed by atoms with Gasteiger partial charge in [-0.3, -0.25) is 0 Å². The summed E-state index contributed by atoms with van der Waals surface area (Å²) in [6.07, 6.45) is 5.75. The maximum atomic E-state index is 5.65. The summed E-state index contributed by atoms with van der Waals surface area (Å²) >= 11 is 1.93. The van der Waals surface area contributed by atoms with Gasteiger partial charge in [-0.2, -0.15) is 11.8 Å². The van der Waals surface area contributed by atoms with E-state index in [0.29, 0.717) is 17.9 Å². The fraction of sp³-hybridized carbons (Fsp3) is 0.800. The lowest BCUT2D eigenvalue weighted by Gasteiger charge is -2.09. The van der Waals surface area contributed by atoms with Crippen molar-refractivity contribution < 1.29 is 4.42 Å². The Labute approximate surface area is 99.6 Å². The summed E-state index contributed by atoms with van der Waals surface area (Å²) < 4.78 is 5.41. The first-order valence-electron chi connectivity index (χ1n) is 5.57. The molecule has 2 rings (SSSR count). The first kappa shape index (κ1) is 11.7. The predicted molar refractivity (Wildman–Crippen MR) is 65.5 cm³/mol. The summed E-state index contributed by atoms with van der Waals surface area (Å²) in [5.74, 6) is 0.488. The van der Waals surface area contributed by atoms with Crippen LogP contribution in [0.15, 0.2) is 4.42 Å². The summed E-state index contributed by atoms with van der Waals surface area (Å²) in [5, 5.41) is 11.9. The van der Waals surface area contributed by atoms with E-state index >= 15 is 0 Å². The number of aromatic nitrogens is 2. The standard InChI is InChI=1S/C10H18N4OS/c1-6(11)9-13-14-10(15-9)12-7-3-4-8(5-7)16-2/h6-8H,3-5,11H2,1-2H3,(H,12,14). The van der Waals surface area contributed by atoms with Gasteiger partial charge < -0.3 is 15.5 Å². The largest absolute Gasteiger partial charge is 0.406 e. The molecule has 3 N–H and O–H groups in total. The second-order valence-electron chi connectivity index (χ2n) is 4.25. The van der Waals surface area contributed by atoms with Crippen molar-refractivity contribution in [3.63, 3.8) is 0 Å². The van der Waals surface area contributed by atoms with Crippen LogP contribution in [0.2, 0.25) is 0 Å². The van der Waals surface area contributed by atoms with Crippen molar-refractivity contribution in [2.75, 3.05) is 11.6 Å². The molecular formula is C10H18N4OS. The highest BCUT2D eigenvalue weighted by molar-refractivity contribution is 7.99. The lowest BCUT2D eigenvalue weighted by atomic mass is 10.3. The minimum absolute atomic E-state index is 0.203. The molecule has 1 aliphatic rings. The Morgan fingerprint density at radius 3 is 2.88 bits per heavy atom. The third-order valence-electron chi connectivity index (χ3n) is 2.88. The summed E-state index contributed by atoms with van der Waals surface area (Å²) in [4.78, 5) is 0. The Hall–Kier alpha value is -0.750. The molecule has 3 unspecified atom stereocenters. The second kappa shape index (κ2) is 5.05. The van der Waals surface area contributed by atoms with Crippen molar-refractivity contribution in [1.29, 1.82) is 0 Å². The first-order valence-corrected chi connectivity index (χ1v) is 6.86. The Morgan fingerprint density at radius 2 is 2.31 bits per heavy atom. The van der Waals surface area contributed by atoms with Crippen molar-refractivity contribution in [2.45, 2.75) is 43.5 Å². The number of hydrogen-bond donors (Lipinski definition) is 2. The molecule has 5 nitrogen and oxygen atoms in total. The average Bonchev–Trinajstić information content (AvgIpc) is 2.87. The fourth-order valence-corrected chi connectivity index (χ4v) is 2.73. The molecule has 90 valence electrons. The number of hydrogen-bond acceptors (Lipinski definition) is 6. The zero-order valence-corrected chi connectivity index (χ0v) is 10.5. The number of thioether (sulfide) groups is 1. The topological polar surface area (TPSA) is 77.0 Å². The van der Waals surface area contributed by atoms with Gasteiger partial charge >= 0.3 is 6.01 Å². The summed E-state index contributed by atoms with van der Waals surface area (Å²) in [6, 6.07) is 0.753. The van der Waals surface area contributed by atoms with E-state index < -0.39 is 0 Å². The van der Waals surface area contributed by atoms with Gasteiger partial charge in [0, 0.05) is 11.3 Å². The highest BCUT2D eigenvalue weighted by Gasteiger charge is 2.25. The van der Waals surface area contributed by atoms with Crippen LogP contribution >= 0.6 is 11.8 Å². The summed E-state index contributed by atoms with van der Waals surface area (Å²) in [6.45, 7) is 1.83. The average molecular weight is 242 g/mol. The summed E-state index contributed by atoms with van der Waals surface area (Å²) in [7, 11) is 0. The molecule has 0 bridgehead atoms. The molecule has 0 saturated heterocycles. The SMILES string of the molecule is CSC1CCC(Nc2nnc(C(C)N)o2)C1. The molecule has 1 fully saturated rings. The first-order chi connectivity index (χ1) is 7.69. The third kappa shape index (κ3) is 2.68. The van der Waals surface area contributed by atoms with Gasteiger partial charge in [-0.1, -0.05) is 5.10 Å². The van der Waals surface area contributed by atoms with Crippen molar-refractivity contribution in [2.24, 2.45) is 5.73 Å². The van der Waals surface area contributed by atoms with Gasteiger partial charge in [0.2, 0.25) is 5.89 Å². The maximum Gasteiger partial charge on any atom is 0.315 e. The van der Waals surface area contributed by atoms with E-state index in [1.54, 1.807) is 0 Å². The molecule has 0 aromatic carbocycles. The quantitative estimate of drug-likeness (QED) is 0.838. The minimum Gasteiger partial charge on any atom is -0.406 e. The van der Waals surface area contributed by atoms with Gasteiger partial charge in [0.25, 0.3) is 0 Å². The van der Waals surface area contributed by atoms with Gasteiger partial charge in [-0.05, 0) is 32.4 Å². The van der Waals surface area contributed by atoms with Crippen molar-refractivity contribution in [1.82, 2.24) is 10.2 Å². The van der Waals surface area contributed by atoms with E-state index in [1.807, 2.05) is 18.7 Å². The van der Waals surface area contributed by atoms with Gasteiger partial charge in [0.05, 0.1) is 6.04 Å². The normalized spacial score (nSPS) is 26.9. The molecule has 1 aliphatic carbocycles. The minimum atomic E-state index is -0.203. The van der Waals surface area contributed by atoms with E-state index in [-0.39, 0.29) is 6.04 Å². The Bertz CT molecular complexity index is 341. The molecule has 0 amide bonds. The molecule has 1 heterocycles. The smallest absolute Gasteiger partial charge is 0.315 e. The highest BCUT2D eigenvalue weighted by Crippen LogP contribution is 2.30. The van der Waals surface area contributed by atoms with Crippen LogP contribution in [0.3, 0.4) is 0 Å².